The van der Waals surface area contributed by atoms with Gasteiger partial charge in [-0.25, -0.2) is 14.6 Å². The molecular weight excluding hydrogens is 326 g/mol. The molecule has 1 amide bonds. The van der Waals surface area contributed by atoms with E-state index in [1.165, 1.54) is 0 Å². The molecule has 0 unspecified atom stereocenters. The Bertz CT molecular complexity index is 926. The first-order chi connectivity index (χ1) is 12.4. The number of anilines is 1. The molecule has 0 fully saturated rings. The van der Waals surface area contributed by atoms with Crippen molar-refractivity contribution in [1.29, 1.82) is 0 Å². The van der Waals surface area contributed by atoms with Crippen LogP contribution in [0.15, 0.2) is 36.4 Å². The first kappa shape index (κ1) is 17.8. The van der Waals surface area contributed by atoms with Crippen molar-refractivity contribution in [2.24, 2.45) is 0 Å². The van der Waals surface area contributed by atoms with E-state index in [0.29, 0.717) is 5.95 Å². The topological polar surface area (TPSA) is 63.9 Å². The van der Waals surface area contributed by atoms with Crippen LogP contribution < -0.4 is 4.90 Å². The summed E-state index contributed by atoms with van der Waals surface area (Å²) in [5, 5.41) is 4.57. The molecule has 6 heteroatoms. The highest BCUT2D eigenvalue weighted by Crippen LogP contribution is 2.19. The van der Waals surface area contributed by atoms with E-state index in [2.05, 4.69) is 15.1 Å². The molecule has 0 saturated heterocycles. The van der Waals surface area contributed by atoms with Crippen molar-refractivity contribution in [3.05, 3.63) is 64.7 Å². The van der Waals surface area contributed by atoms with Crippen LogP contribution in [0, 0.1) is 27.7 Å². The Balaban J connectivity index is 1.90. The van der Waals surface area contributed by atoms with Crippen LogP contribution in [0.1, 0.15) is 28.3 Å². The Morgan fingerprint density at radius 1 is 1.04 bits per heavy atom. The maximum Gasteiger partial charge on any atom is 0.251 e. The lowest BCUT2D eigenvalue weighted by molar-refractivity contribution is -0.117. The molecule has 0 atom stereocenters. The summed E-state index contributed by atoms with van der Waals surface area (Å²) in [6.45, 7) is 7.73. The first-order valence-corrected chi connectivity index (χ1v) is 8.56. The minimum absolute atomic E-state index is 0.0169. The molecule has 2 heterocycles. The third kappa shape index (κ3) is 3.49. The second-order valence-electron chi connectivity index (χ2n) is 6.48. The molecule has 134 valence electrons. The summed E-state index contributed by atoms with van der Waals surface area (Å²) in [5.41, 5.74) is 5.28. The fourth-order valence-electron chi connectivity index (χ4n) is 2.99. The van der Waals surface area contributed by atoms with Crippen LogP contribution >= 0.6 is 0 Å². The van der Waals surface area contributed by atoms with Gasteiger partial charge in [0.05, 0.1) is 12.1 Å². The van der Waals surface area contributed by atoms with E-state index >= 15 is 0 Å². The van der Waals surface area contributed by atoms with E-state index in [1.807, 2.05) is 64.1 Å². The summed E-state index contributed by atoms with van der Waals surface area (Å²) in [5.74, 6) is 0.557. The minimum Gasteiger partial charge on any atom is -0.315 e. The van der Waals surface area contributed by atoms with Gasteiger partial charge in [0.15, 0.2) is 0 Å². The Morgan fingerprint density at radius 2 is 1.65 bits per heavy atom. The molecule has 0 radical (unpaired) electrons. The third-order valence-corrected chi connectivity index (χ3v) is 4.45. The quantitative estimate of drug-likeness (QED) is 0.726. The van der Waals surface area contributed by atoms with Crippen molar-refractivity contribution in [3.8, 4) is 5.95 Å². The number of rotatable bonds is 4. The largest absolute Gasteiger partial charge is 0.315 e. The van der Waals surface area contributed by atoms with Gasteiger partial charge in [-0.05, 0) is 45.9 Å². The van der Waals surface area contributed by atoms with E-state index < -0.39 is 0 Å². The zero-order chi connectivity index (χ0) is 18.8. The number of carbonyl (C=O) groups excluding carboxylic acids is 1. The van der Waals surface area contributed by atoms with Crippen LogP contribution in [0.3, 0.4) is 0 Å². The maximum absolute atomic E-state index is 12.7. The van der Waals surface area contributed by atoms with Gasteiger partial charge in [0.2, 0.25) is 5.91 Å². The van der Waals surface area contributed by atoms with E-state index in [-0.39, 0.29) is 12.3 Å². The number of hydrogen-bond donors (Lipinski definition) is 0. The van der Waals surface area contributed by atoms with Gasteiger partial charge in [-0.3, -0.25) is 4.79 Å². The molecule has 2 aromatic heterocycles. The summed E-state index contributed by atoms with van der Waals surface area (Å²) < 4.78 is 1.72. The Kier molecular flexibility index (Phi) is 4.84. The lowest BCUT2D eigenvalue weighted by atomic mass is 10.1. The van der Waals surface area contributed by atoms with Crippen LogP contribution in [0.2, 0.25) is 0 Å². The molecular formula is C20H23N5O. The number of carbonyl (C=O) groups is 1. The number of para-hydroxylation sites is 1. The van der Waals surface area contributed by atoms with Crippen LogP contribution in [-0.2, 0) is 11.2 Å². The SMILES string of the molecule is Cc1cc(C)nc(-n2nc(C)c(CC(=O)N(C)c3ccccc3)c2C)n1. The third-order valence-electron chi connectivity index (χ3n) is 4.45. The van der Waals surface area contributed by atoms with Gasteiger partial charge in [0.1, 0.15) is 0 Å². The summed E-state index contributed by atoms with van der Waals surface area (Å²) in [6.07, 6.45) is 0.286. The van der Waals surface area contributed by atoms with Crippen LogP contribution in [0.5, 0.6) is 0 Å². The van der Waals surface area contributed by atoms with Gasteiger partial charge in [-0.15, -0.1) is 0 Å². The monoisotopic (exact) mass is 349 g/mol. The molecule has 6 nitrogen and oxygen atoms in total. The van der Waals surface area contributed by atoms with Gasteiger partial charge in [0, 0.05) is 35.4 Å². The van der Waals surface area contributed by atoms with Crippen LogP contribution in [0.4, 0.5) is 5.69 Å². The summed E-state index contributed by atoms with van der Waals surface area (Å²) >= 11 is 0. The average Bonchev–Trinajstić information content (AvgIpc) is 2.89. The smallest absolute Gasteiger partial charge is 0.251 e. The zero-order valence-corrected chi connectivity index (χ0v) is 15.8. The molecule has 0 saturated carbocycles. The molecule has 0 spiro atoms. The Morgan fingerprint density at radius 3 is 2.27 bits per heavy atom. The molecule has 0 bridgehead atoms. The molecule has 0 aliphatic heterocycles. The maximum atomic E-state index is 12.7. The van der Waals surface area contributed by atoms with E-state index in [4.69, 9.17) is 0 Å². The second kappa shape index (κ2) is 7.07. The van der Waals surface area contributed by atoms with Gasteiger partial charge < -0.3 is 4.90 Å². The fourth-order valence-corrected chi connectivity index (χ4v) is 2.99. The van der Waals surface area contributed by atoms with Crippen molar-refractivity contribution in [2.45, 2.75) is 34.1 Å². The highest BCUT2D eigenvalue weighted by Gasteiger charge is 2.20. The average molecular weight is 349 g/mol. The molecule has 0 aliphatic rings. The standard InChI is InChI=1S/C20H23N5O/c1-13-11-14(2)22-20(21-13)25-16(4)18(15(3)23-25)12-19(26)24(5)17-9-7-6-8-10-17/h6-11H,12H2,1-5H3. The molecule has 26 heavy (non-hydrogen) atoms. The van der Waals surface area contributed by atoms with Crippen molar-refractivity contribution in [2.75, 3.05) is 11.9 Å². The fraction of sp³-hybridized carbons (Fsp3) is 0.300. The lowest BCUT2D eigenvalue weighted by Gasteiger charge is -2.17. The van der Waals surface area contributed by atoms with Crippen LogP contribution in [0.25, 0.3) is 5.95 Å². The number of nitrogens with zero attached hydrogens (tertiary/aromatic N) is 5. The Labute approximate surface area is 153 Å². The van der Waals surface area contributed by atoms with Crippen molar-refractivity contribution < 1.29 is 4.79 Å². The molecule has 3 aromatic rings. The van der Waals surface area contributed by atoms with Crippen molar-refractivity contribution >= 4 is 11.6 Å². The first-order valence-electron chi connectivity index (χ1n) is 8.56. The summed E-state index contributed by atoms with van der Waals surface area (Å²) in [6, 6.07) is 11.5. The van der Waals surface area contributed by atoms with Gasteiger partial charge in [-0.2, -0.15) is 5.10 Å². The van der Waals surface area contributed by atoms with Crippen molar-refractivity contribution in [1.82, 2.24) is 19.7 Å². The normalized spacial score (nSPS) is 10.8. The zero-order valence-electron chi connectivity index (χ0n) is 15.8. The summed E-state index contributed by atoms with van der Waals surface area (Å²) in [7, 11) is 1.79. The number of benzene rings is 1. The van der Waals surface area contributed by atoms with Crippen LogP contribution in [-0.4, -0.2) is 32.7 Å². The minimum atomic E-state index is 0.0169. The van der Waals surface area contributed by atoms with Gasteiger partial charge in [-0.1, -0.05) is 18.2 Å². The van der Waals surface area contributed by atoms with E-state index in [0.717, 1.165) is 34.0 Å². The second-order valence-corrected chi connectivity index (χ2v) is 6.48. The van der Waals surface area contributed by atoms with Gasteiger partial charge in [0.25, 0.3) is 5.95 Å². The van der Waals surface area contributed by atoms with Crippen molar-refractivity contribution in [3.63, 3.8) is 0 Å². The highest BCUT2D eigenvalue weighted by molar-refractivity contribution is 5.94. The number of hydrogen-bond acceptors (Lipinski definition) is 4. The number of aromatic nitrogens is 4. The predicted molar refractivity (Wildman–Crippen MR) is 102 cm³/mol. The highest BCUT2D eigenvalue weighted by atomic mass is 16.2. The molecule has 0 N–H and O–H groups in total. The summed E-state index contributed by atoms with van der Waals surface area (Å²) in [4.78, 5) is 23.3. The Hall–Kier alpha value is -3.02. The number of aryl methyl sites for hydroxylation is 3. The van der Waals surface area contributed by atoms with E-state index in [1.54, 1.807) is 16.6 Å². The van der Waals surface area contributed by atoms with E-state index in [9.17, 15) is 4.79 Å². The molecule has 1 aromatic carbocycles. The number of amides is 1. The number of likely N-dealkylation sites (N-methyl/N-ethyl adjacent to an activating group) is 1. The lowest BCUT2D eigenvalue weighted by Crippen LogP contribution is -2.28. The predicted octanol–water partition coefficient (Wildman–Crippen LogP) is 3.10. The molecule has 0 aliphatic carbocycles. The van der Waals surface area contributed by atoms with Gasteiger partial charge >= 0.3 is 0 Å². The molecule has 3 rings (SSSR count).